The van der Waals surface area contributed by atoms with Crippen molar-refractivity contribution in [2.45, 2.75) is 44.4 Å². The van der Waals surface area contributed by atoms with Gasteiger partial charge in [-0.2, -0.15) is 5.10 Å². The van der Waals surface area contributed by atoms with Gasteiger partial charge in [-0.15, -0.1) is 0 Å². The maximum absolute atomic E-state index is 12.5. The van der Waals surface area contributed by atoms with Gasteiger partial charge in [0.15, 0.2) is 11.2 Å². The van der Waals surface area contributed by atoms with Crippen LogP contribution in [0.15, 0.2) is 18.2 Å². The second-order valence-electron chi connectivity index (χ2n) is 7.21. The van der Waals surface area contributed by atoms with Gasteiger partial charge in [-0.05, 0) is 43.9 Å². The molecule has 1 aromatic heterocycles. The molecule has 6 heteroatoms. The quantitative estimate of drug-likeness (QED) is 0.588. The fraction of sp³-hybridized carbons (Fsp3) is 0.588. The Morgan fingerprint density at radius 1 is 1.26 bits per heavy atom. The Labute approximate surface area is 134 Å². The monoisotopic (exact) mass is 315 g/mol. The van der Waals surface area contributed by atoms with Gasteiger partial charge in [-0.25, -0.2) is 0 Å². The Kier molecular flexibility index (Phi) is 3.28. The number of aromatic nitrogens is 2. The lowest BCUT2D eigenvalue weighted by molar-refractivity contribution is -0.153. The minimum atomic E-state index is -1.38. The van der Waals surface area contributed by atoms with Crippen LogP contribution in [0.25, 0.3) is 0 Å². The molecule has 1 heterocycles. The molecule has 2 saturated carbocycles. The molecule has 3 aliphatic carbocycles. The first kappa shape index (κ1) is 14.5. The highest BCUT2D eigenvalue weighted by Gasteiger charge is 2.47. The molecule has 6 nitrogen and oxygen atoms in total. The molecule has 23 heavy (non-hydrogen) atoms. The number of aromatic amines is 1. The molecular formula is C17H21N3O3. The summed E-state index contributed by atoms with van der Waals surface area (Å²) >= 11 is 0. The van der Waals surface area contributed by atoms with E-state index in [-0.39, 0.29) is 12.8 Å². The lowest BCUT2D eigenvalue weighted by Crippen LogP contribution is -2.41. The highest BCUT2D eigenvalue weighted by Crippen LogP contribution is 2.52. The molecule has 122 valence electrons. The zero-order valence-electron chi connectivity index (χ0n) is 12.9. The number of carbonyl (C=O) groups excluding carboxylic acids is 1. The molecule has 3 N–H and O–H groups in total. The van der Waals surface area contributed by atoms with E-state index in [0.717, 1.165) is 17.5 Å². The van der Waals surface area contributed by atoms with Crippen LogP contribution in [-0.2, 0) is 9.59 Å². The molecule has 0 aliphatic heterocycles. The summed E-state index contributed by atoms with van der Waals surface area (Å²) in [4.78, 5) is 24.0. The number of nitrogens with one attached hydrogen (secondary N) is 2. The van der Waals surface area contributed by atoms with Crippen LogP contribution in [0.3, 0.4) is 0 Å². The number of hydrogen-bond donors (Lipinski definition) is 3. The molecule has 0 saturated heterocycles. The molecular weight excluding hydrogens is 294 g/mol. The number of nitrogens with zero attached hydrogens (tertiary/aromatic N) is 1. The topological polar surface area (TPSA) is 95.1 Å². The Bertz CT molecular complexity index is 670. The lowest BCUT2D eigenvalue weighted by atomic mass is 9.84. The maximum atomic E-state index is 12.5. The van der Waals surface area contributed by atoms with E-state index in [0.29, 0.717) is 11.7 Å². The van der Waals surface area contributed by atoms with Gasteiger partial charge in [0.25, 0.3) is 0 Å². The van der Waals surface area contributed by atoms with E-state index in [4.69, 9.17) is 0 Å². The van der Waals surface area contributed by atoms with Crippen molar-refractivity contribution in [2.24, 2.45) is 17.3 Å². The molecule has 3 unspecified atom stereocenters. The molecule has 3 aliphatic rings. The summed E-state index contributed by atoms with van der Waals surface area (Å²) in [5, 5.41) is 19.3. The van der Waals surface area contributed by atoms with Crippen molar-refractivity contribution >= 4 is 17.7 Å². The summed E-state index contributed by atoms with van der Waals surface area (Å²) in [5.41, 5.74) is -0.313. The number of carboxylic acids is 1. The van der Waals surface area contributed by atoms with Gasteiger partial charge in [-0.3, -0.25) is 14.7 Å². The van der Waals surface area contributed by atoms with Crippen LogP contribution < -0.4 is 5.32 Å². The zero-order chi connectivity index (χ0) is 16.0. The Morgan fingerprint density at radius 2 is 2.04 bits per heavy atom. The summed E-state index contributed by atoms with van der Waals surface area (Å²) in [5.74, 6) is 0.943. The predicted octanol–water partition coefficient (Wildman–Crippen LogP) is 2.67. The smallest absolute Gasteiger partial charge is 0.319 e. The van der Waals surface area contributed by atoms with E-state index in [1.54, 1.807) is 12.2 Å². The normalized spacial score (nSPS) is 30.7. The van der Waals surface area contributed by atoms with Gasteiger partial charge in [-0.1, -0.05) is 18.6 Å². The third-order valence-electron chi connectivity index (χ3n) is 5.92. The molecule has 4 rings (SSSR count). The molecule has 1 amide bonds. The molecule has 0 aromatic carbocycles. The average molecular weight is 315 g/mol. The summed E-state index contributed by atoms with van der Waals surface area (Å²) in [6.45, 7) is 0. The van der Waals surface area contributed by atoms with Gasteiger partial charge < -0.3 is 10.4 Å². The van der Waals surface area contributed by atoms with E-state index in [1.807, 2.05) is 6.07 Å². The molecule has 0 spiro atoms. The largest absolute Gasteiger partial charge is 0.480 e. The summed E-state index contributed by atoms with van der Waals surface area (Å²) in [6.07, 6.45) is 9.09. The van der Waals surface area contributed by atoms with Crippen molar-refractivity contribution in [3.05, 3.63) is 23.9 Å². The highest BCUT2D eigenvalue weighted by molar-refractivity contribution is 6.08. The van der Waals surface area contributed by atoms with Gasteiger partial charge in [0.1, 0.15) is 0 Å². The number of aliphatic carboxylic acids is 1. The number of rotatable bonds is 4. The standard InChI is InChI=1S/C17H21N3O3/c21-15(17(16(22)23)5-1-2-6-17)18-14-9-13(19-20-14)12-8-10-3-4-11(12)7-10/h1-2,9-12H,3-8H2,(H,22,23)(H2,18,19,20,21). The number of H-pyrrole nitrogens is 1. The van der Waals surface area contributed by atoms with E-state index in [1.165, 1.54) is 25.7 Å². The summed E-state index contributed by atoms with van der Waals surface area (Å²) < 4.78 is 0. The highest BCUT2D eigenvalue weighted by atomic mass is 16.4. The second kappa shape index (κ2) is 5.22. The summed E-state index contributed by atoms with van der Waals surface area (Å²) in [7, 11) is 0. The van der Waals surface area contributed by atoms with E-state index >= 15 is 0 Å². The summed E-state index contributed by atoms with van der Waals surface area (Å²) in [6, 6.07) is 1.88. The third kappa shape index (κ3) is 2.28. The third-order valence-corrected chi connectivity index (χ3v) is 5.92. The number of anilines is 1. The van der Waals surface area contributed by atoms with E-state index in [2.05, 4.69) is 15.5 Å². The minimum Gasteiger partial charge on any atom is -0.480 e. The fourth-order valence-corrected chi connectivity index (χ4v) is 4.56. The van der Waals surface area contributed by atoms with Crippen LogP contribution in [0.4, 0.5) is 5.82 Å². The van der Waals surface area contributed by atoms with Crippen molar-refractivity contribution in [2.75, 3.05) is 5.32 Å². The van der Waals surface area contributed by atoms with Crippen molar-refractivity contribution < 1.29 is 14.7 Å². The number of fused-ring (bicyclic) bond motifs is 2. The average Bonchev–Trinajstić information content (AvgIpc) is 3.30. The Morgan fingerprint density at radius 3 is 2.65 bits per heavy atom. The fourth-order valence-electron chi connectivity index (χ4n) is 4.56. The van der Waals surface area contributed by atoms with Crippen LogP contribution in [-0.4, -0.2) is 27.2 Å². The second-order valence-corrected chi connectivity index (χ2v) is 7.21. The van der Waals surface area contributed by atoms with Crippen LogP contribution >= 0.6 is 0 Å². The Balaban J connectivity index is 1.47. The number of hydrogen-bond acceptors (Lipinski definition) is 3. The van der Waals surface area contributed by atoms with E-state index < -0.39 is 17.3 Å². The van der Waals surface area contributed by atoms with Crippen LogP contribution in [0, 0.1) is 17.3 Å². The Hall–Kier alpha value is -2.11. The number of carboxylic acid groups (broad SMARTS) is 1. The van der Waals surface area contributed by atoms with Crippen molar-refractivity contribution in [3.8, 4) is 0 Å². The van der Waals surface area contributed by atoms with Gasteiger partial charge in [0, 0.05) is 17.7 Å². The molecule has 3 atom stereocenters. The molecule has 1 aromatic rings. The first-order chi connectivity index (χ1) is 11.1. The van der Waals surface area contributed by atoms with Crippen LogP contribution in [0.1, 0.15) is 50.1 Å². The maximum Gasteiger partial charge on any atom is 0.319 e. The van der Waals surface area contributed by atoms with Crippen molar-refractivity contribution in [1.82, 2.24) is 10.2 Å². The SMILES string of the molecule is O=C(O)C1(C(=O)Nc2cc(C3CC4CCC3C4)[nH]n2)CC=CC1. The number of amides is 1. The zero-order valence-corrected chi connectivity index (χ0v) is 12.9. The van der Waals surface area contributed by atoms with Crippen LogP contribution in [0.2, 0.25) is 0 Å². The van der Waals surface area contributed by atoms with Crippen molar-refractivity contribution in [3.63, 3.8) is 0 Å². The van der Waals surface area contributed by atoms with Gasteiger partial charge in [0.2, 0.25) is 5.91 Å². The molecule has 2 bridgehead atoms. The van der Waals surface area contributed by atoms with Crippen LogP contribution in [0.5, 0.6) is 0 Å². The number of allylic oxidation sites excluding steroid dienone is 2. The number of carbonyl (C=O) groups is 2. The van der Waals surface area contributed by atoms with Gasteiger partial charge in [0.05, 0.1) is 0 Å². The lowest BCUT2D eigenvalue weighted by Gasteiger charge is -2.21. The predicted molar refractivity (Wildman–Crippen MR) is 83.8 cm³/mol. The van der Waals surface area contributed by atoms with Gasteiger partial charge >= 0.3 is 5.97 Å². The first-order valence-corrected chi connectivity index (χ1v) is 8.33. The molecule has 0 radical (unpaired) electrons. The first-order valence-electron chi connectivity index (χ1n) is 8.33. The van der Waals surface area contributed by atoms with Crippen molar-refractivity contribution in [1.29, 1.82) is 0 Å². The minimum absolute atomic E-state index is 0.234. The van der Waals surface area contributed by atoms with E-state index in [9.17, 15) is 14.7 Å². The molecule has 2 fully saturated rings.